The van der Waals surface area contributed by atoms with Gasteiger partial charge in [-0.1, -0.05) is 35.5 Å². The maximum atomic E-state index is 13.5. The van der Waals surface area contributed by atoms with Crippen molar-refractivity contribution >= 4 is 27.3 Å². The third kappa shape index (κ3) is 3.39. The van der Waals surface area contributed by atoms with Crippen LogP contribution in [0.1, 0.15) is 39.9 Å². The summed E-state index contributed by atoms with van der Waals surface area (Å²) in [7, 11) is 0. The lowest BCUT2D eigenvalue weighted by atomic mass is 9.97. The first kappa shape index (κ1) is 18.9. The average Bonchev–Trinajstić information content (AvgIpc) is 3.39. The third-order valence-electron chi connectivity index (χ3n) is 5.62. The maximum Gasteiger partial charge on any atom is 0.264 e. The van der Waals surface area contributed by atoms with Gasteiger partial charge in [0.25, 0.3) is 5.91 Å². The van der Waals surface area contributed by atoms with E-state index in [1.807, 2.05) is 24.0 Å². The summed E-state index contributed by atoms with van der Waals surface area (Å²) < 4.78 is 20.1. The summed E-state index contributed by atoms with van der Waals surface area (Å²) in [6.45, 7) is 3.27. The van der Waals surface area contributed by atoms with Crippen LogP contribution in [-0.4, -0.2) is 34.0 Å². The van der Waals surface area contributed by atoms with Crippen molar-refractivity contribution in [2.75, 3.05) is 13.1 Å². The van der Waals surface area contributed by atoms with Crippen molar-refractivity contribution in [1.29, 1.82) is 0 Å². The molecule has 1 amide bonds. The lowest BCUT2D eigenvalue weighted by Gasteiger charge is -2.30. The Bertz CT molecular complexity index is 1230. The zero-order valence-corrected chi connectivity index (χ0v) is 17.3. The van der Waals surface area contributed by atoms with Gasteiger partial charge in [-0.25, -0.2) is 4.39 Å². The minimum absolute atomic E-state index is 0.0211. The molecule has 1 aliphatic heterocycles. The highest BCUT2D eigenvalue weighted by Crippen LogP contribution is 2.34. The second-order valence-corrected chi connectivity index (χ2v) is 8.66. The summed E-state index contributed by atoms with van der Waals surface area (Å²) >= 11 is 1.55. The van der Waals surface area contributed by atoms with E-state index < -0.39 is 0 Å². The van der Waals surface area contributed by atoms with Gasteiger partial charge in [-0.2, -0.15) is 4.98 Å². The van der Waals surface area contributed by atoms with E-state index >= 15 is 0 Å². The number of nitrogens with zero attached hydrogens (tertiary/aromatic N) is 3. The predicted octanol–water partition coefficient (Wildman–Crippen LogP) is 5.42. The van der Waals surface area contributed by atoms with E-state index in [0.717, 1.165) is 33.4 Å². The number of hydrogen-bond acceptors (Lipinski definition) is 5. The Morgan fingerprint density at radius 1 is 1.23 bits per heavy atom. The van der Waals surface area contributed by atoms with Crippen LogP contribution in [0, 0.1) is 12.7 Å². The fourth-order valence-electron chi connectivity index (χ4n) is 4.03. The molecule has 7 heteroatoms. The van der Waals surface area contributed by atoms with Gasteiger partial charge in [0.1, 0.15) is 5.82 Å². The van der Waals surface area contributed by atoms with Gasteiger partial charge in [0, 0.05) is 23.4 Å². The van der Waals surface area contributed by atoms with Crippen LogP contribution in [0.4, 0.5) is 4.39 Å². The first-order valence-electron chi connectivity index (χ1n) is 9.97. The summed E-state index contributed by atoms with van der Waals surface area (Å²) in [6.07, 6.45) is 1.75. The topological polar surface area (TPSA) is 59.2 Å². The molecule has 5 rings (SSSR count). The number of likely N-dealkylation sites (tertiary alicyclic amines) is 1. The van der Waals surface area contributed by atoms with Gasteiger partial charge in [-0.3, -0.25) is 4.79 Å². The maximum absolute atomic E-state index is 13.5. The number of halogens is 1. The minimum Gasteiger partial charge on any atom is -0.339 e. The summed E-state index contributed by atoms with van der Waals surface area (Å²) in [4.78, 5) is 20.4. The van der Waals surface area contributed by atoms with Crippen LogP contribution < -0.4 is 0 Å². The summed E-state index contributed by atoms with van der Waals surface area (Å²) in [6, 6.07) is 14.2. The summed E-state index contributed by atoms with van der Waals surface area (Å²) in [5, 5.41) is 5.15. The Labute approximate surface area is 177 Å². The summed E-state index contributed by atoms with van der Waals surface area (Å²) in [5.74, 6) is 0.565. The number of aromatic nitrogens is 2. The standard InChI is InChI=1S/C23H20FN3O2S/c1-14-18-9-2-3-10-19(18)30-20(14)23(28)27-11-5-7-16(13-27)22-25-21(26-29-22)15-6-4-8-17(24)12-15/h2-4,6,8-10,12,16H,5,7,11,13H2,1H3. The number of thiophene rings is 1. The third-order valence-corrected chi connectivity index (χ3v) is 6.88. The molecule has 0 radical (unpaired) electrons. The van der Waals surface area contributed by atoms with Gasteiger partial charge >= 0.3 is 0 Å². The Kier molecular flexibility index (Phi) is 4.83. The molecule has 1 atom stereocenters. The van der Waals surface area contributed by atoms with E-state index in [2.05, 4.69) is 22.3 Å². The molecular weight excluding hydrogens is 401 g/mol. The summed E-state index contributed by atoms with van der Waals surface area (Å²) in [5.41, 5.74) is 1.61. The van der Waals surface area contributed by atoms with Crippen LogP contribution in [0.25, 0.3) is 21.5 Å². The SMILES string of the molecule is Cc1c(C(=O)N2CCCC(c3nc(-c4cccc(F)c4)no3)C2)sc2ccccc12. The Morgan fingerprint density at radius 3 is 2.93 bits per heavy atom. The number of piperidine rings is 1. The molecule has 1 saturated heterocycles. The normalized spacial score (nSPS) is 16.9. The highest BCUT2D eigenvalue weighted by molar-refractivity contribution is 7.21. The first-order chi connectivity index (χ1) is 14.6. The zero-order valence-electron chi connectivity index (χ0n) is 16.5. The molecule has 0 saturated carbocycles. The molecule has 2 aromatic heterocycles. The fraction of sp³-hybridized carbons (Fsp3) is 0.261. The zero-order chi connectivity index (χ0) is 20.7. The molecule has 3 heterocycles. The number of hydrogen-bond donors (Lipinski definition) is 0. The molecule has 30 heavy (non-hydrogen) atoms. The van der Waals surface area contributed by atoms with E-state index in [1.54, 1.807) is 23.5 Å². The fourth-order valence-corrected chi connectivity index (χ4v) is 5.21. The van der Waals surface area contributed by atoms with Crippen molar-refractivity contribution in [1.82, 2.24) is 15.0 Å². The van der Waals surface area contributed by atoms with Crippen LogP contribution in [0.2, 0.25) is 0 Å². The van der Waals surface area contributed by atoms with Gasteiger partial charge in [0.15, 0.2) is 0 Å². The lowest BCUT2D eigenvalue weighted by Crippen LogP contribution is -2.39. The lowest BCUT2D eigenvalue weighted by molar-refractivity contribution is 0.0700. The molecule has 0 bridgehead atoms. The number of aryl methyl sites for hydroxylation is 1. The molecule has 152 valence electrons. The van der Waals surface area contributed by atoms with Crippen LogP contribution >= 0.6 is 11.3 Å². The average molecular weight is 421 g/mol. The van der Waals surface area contributed by atoms with E-state index in [9.17, 15) is 9.18 Å². The minimum atomic E-state index is -0.341. The first-order valence-corrected chi connectivity index (χ1v) is 10.8. The van der Waals surface area contributed by atoms with Crippen molar-refractivity contribution < 1.29 is 13.7 Å². The molecule has 0 spiro atoms. The number of amides is 1. The van der Waals surface area contributed by atoms with Crippen molar-refractivity contribution in [2.24, 2.45) is 0 Å². The van der Waals surface area contributed by atoms with Gasteiger partial charge in [-0.15, -0.1) is 11.3 Å². The molecule has 4 aromatic rings. The van der Waals surface area contributed by atoms with Crippen LogP contribution in [-0.2, 0) is 0 Å². The van der Waals surface area contributed by atoms with E-state index in [0.29, 0.717) is 30.4 Å². The Morgan fingerprint density at radius 2 is 2.10 bits per heavy atom. The largest absolute Gasteiger partial charge is 0.339 e. The number of carbonyl (C=O) groups is 1. The number of fused-ring (bicyclic) bond motifs is 1. The number of rotatable bonds is 3. The second kappa shape index (κ2) is 7.65. The van der Waals surface area contributed by atoms with Gasteiger partial charge in [-0.05, 0) is 48.9 Å². The van der Waals surface area contributed by atoms with Gasteiger partial charge in [0.05, 0.1) is 10.8 Å². The second-order valence-electron chi connectivity index (χ2n) is 7.61. The molecular formula is C23H20FN3O2S. The van der Waals surface area contributed by atoms with Gasteiger partial charge < -0.3 is 9.42 Å². The monoisotopic (exact) mass is 421 g/mol. The van der Waals surface area contributed by atoms with E-state index in [4.69, 9.17) is 4.52 Å². The van der Waals surface area contributed by atoms with Crippen molar-refractivity contribution in [3.05, 3.63) is 70.7 Å². The van der Waals surface area contributed by atoms with Crippen LogP contribution in [0.3, 0.4) is 0 Å². The van der Waals surface area contributed by atoms with Crippen LogP contribution in [0.5, 0.6) is 0 Å². The highest BCUT2D eigenvalue weighted by atomic mass is 32.1. The van der Waals surface area contributed by atoms with E-state index in [-0.39, 0.29) is 17.6 Å². The highest BCUT2D eigenvalue weighted by Gasteiger charge is 2.30. The van der Waals surface area contributed by atoms with Crippen molar-refractivity contribution in [3.63, 3.8) is 0 Å². The Hall–Kier alpha value is -3.06. The van der Waals surface area contributed by atoms with E-state index in [1.165, 1.54) is 12.1 Å². The molecule has 0 N–H and O–H groups in total. The molecule has 0 aliphatic carbocycles. The molecule has 1 fully saturated rings. The number of benzene rings is 2. The molecule has 5 nitrogen and oxygen atoms in total. The molecule has 2 aromatic carbocycles. The number of carbonyl (C=O) groups excluding carboxylic acids is 1. The predicted molar refractivity (Wildman–Crippen MR) is 114 cm³/mol. The van der Waals surface area contributed by atoms with Crippen molar-refractivity contribution in [2.45, 2.75) is 25.7 Å². The van der Waals surface area contributed by atoms with Crippen LogP contribution in [0.15, 0.2) is 53.1 Å². The Balaban J connectivity index is 1.37. The smallest absolute Gasteiger partial charge is 0.264 e. The molecule has 1 aliphatic rings. The van der Waals surface area contributed by atoms with Gasteiger partial charge in [0.2, 0.25) is 11.7 Å². The quantitative estimate of drug-likeness (QED) is 0.443. The molecule has 1 unspecified atom stereocenters. The van der Waals surface area contributed by atoms with Crippen molar-refractivity contribution in [3.8, 4) is 11.4 Å².